The number of hydrogen-bond acceptors (Lipinski definition) is 4. The standard InChI is InChI=1S/C13H16N4O2/c1-9-14-12(16-15-9)8-17(2)13(18)10-4-6-11(19-3)7-5-10/h4-7H,8H2,1-3H3,(H,14,15,16). The Morgan fingerprint density at radius 1 is 1.37 bits per heavy atom. The fourth-order valence-corrected chi connectivity index (χ4v) is 1.70. The number of H-pyrrole nitrogens is 1. The lowest BCUT2D eigenvalue weighted by Gasteiger charge is -2.15. The van der Waals surface area contributed by atoms with Crippen molar-refractivity contribution in [3.8, 4) is 5.75 Å². The summed E-state index contributed by atoms with van der Waals surface area (Å²) in [7, 11) is 3.31. The minimum Gasteiger partial charge on any atom is -0.497 e. The van der Waals surface area contributed by atoms with Crippen LogP contribution in [0.2, 0.25) is 0 Å². The van der Waals surface area contributed by atoms with Crippen LogP contribution in [-0.4, -0.2) is 40.1 Å². The molecule has 1 aromatic carbocycles. The Balaban J connectivity index is 2.05. The number of nitrogens with zero attached hydrogens (tertiary/aromatic N) is 3. The van der Waals surface area contributed by atoms with E-state index >= 15 is 0 Å². The smallest absolute Gasteiger partial charge is 0.254 e. The van der Waals surface area contributed by atoms with Crippen LogP contribution >= 0.6 is 0 Å². The van der Waals surface area contributed by atoms with Crippen LogP contribution in [0.5, 0.6) is 5.75 Å². The molecule has 0 aliphatic carbocycles. The monoisotopic (exact) mass is 260 g/mol. The van der Waals surface area contributed by atoms with E-state index < -0.39 is 0 Å². The maximum absolute atomic E-state index is 12.2. The molecule has 0 fully saturated rings. The van der Waals surface area contributed by atoms with Crippen molar-refractivity contribution in [2.75, 3.05) is 14.2 Å². The van der Waals surface area contributed by atoms with E-state index in [4.69, 9.17) is 4.74 Å². The SMILES string of the molecule is COc1ccc(C(=O)N(C)Cc2n[nH]c(C)n2)cc1. The Morgan fingerprint density at radius 3 is 2.58 bits per heavy atom. The third-order valence-corrected chi connectivity index (χ3v) is 2.71. The number of carbonyl (C=O) groups excluding carboxylic acids is 1. The predicted molar refractivity (Wildman–Crippen MR) is 69.9 cm³/mol. The molecule has 0 aliphatic rings. The van der Waals surface area contributed by atoms with Gasteiger partial charge in [-0.25, -0.2) is 4.98 Å². The Labute approximate surface area is 111 Å². The van der Waals surface area contributed by atoms with Crippen LogP contribution < -0.4 is 4.74 Å². The van der Waals surface area contributed by atoms with Crippen LogP contribution in [0.15, 0.2) is 24.3 Å². The molecule has 6 heteroatoms. The van der Waals surface area contributed by atoms with Crippen LogP contribution in [-0.2, 0) is 6.54 Å². The van der Waals surface area contributed by atoms with Gasteiger partial charge in [0.1, 0.15) is 11.6 Å². The first-order valence-electron chi connectivity index (χ1n) is 5.87. The summed E-state index contributed by atoms with van der Waals surface area (Å²) in [5.74, 6) is 1.98. The molecule has 19 heavy (non-hydrogen) atoms. The zero-order valence-corrected chi connectivity index (χ0v) is 11.2. The van der Waals surface area contributed by atoms with Gasteiger partial charge in [-0.2, -0.15) is 5.10 Å². The summed E-state index contributed by atoms with van der Waals surface area (Å²) in [6.07, 6.45) is 0. The molecule has 0 spiro atoms. The average Bonchev–Trinajstić information content (AvgIpc) is 2.83. The number of amides is 1. The summed E-state index contributed by atoms with van der Waals surface area (Å²) in [6.45, 7) is 2.19. The first kappa shape index (κ1) is 13.1. The van der Waals surface area contributed by atoms with Crippen molar-refractivity contribution in [1.82, 2.24) is 20.1 Å². The lowest BCUT2D eigenvalue weighted by Crippen LogP contribution is -2.26. The van der Waals surface area contributed by atoms with Gasteiger partial charge in [0.15, 0.2) is 5.82 Å². The molecule has 0 unspecified atom stereocenters. The first-order chi connectivity index (χ1) is 9.10. The van der Waals surface area contributed by atoms with Gasteiger partial charge < -0.3 is 9.64 Å². The zero-order chi connectivity index (χ0) is 13.8. The topological polar surface area (TPSA) is 71.1 Å². The Bertz CT molecular complexity index is 562. The molecule has 2 rings (SSSR count). The fourth-order valence-electron chi connectivity index (χ4n) is 1.70. The van der Waals surface area contributed by atoms with E-state index in [1.807, 2.05) is 6.92 Å². The molecule has 0 radical (unpaired) electrons. The quantitative estimate of drug-likeness (QED) is 0.901. The largest absolute Gasteiger partial charge is 0.497 e. The lowest BCUT2D eigenvalue weighted by molar-refractivity contribution is 0.0781. The summed E-state index contributed by atoms with van der Waals surface area (Å²) in [5.41, 5.74) is 0.607. The van der Waals surface area contributed by atoms with Crippen LogP contribution in [0.4, 0.5) is 0 Å². The van der Waals surface area contributed by atoms with Crippen molar-refractivity contribution < 1.29 is 9.53 Å². The van der Waals surface area contributed by atoms with Crippen molar-refractivity contribution >= 4 is 5.91 Å². The van der Waals surface area contributed by atoms with Gasteiger partial charge in [0.05, 0.1) is 13.7 Å². The summed E-state index contributed by atoms with van der Waals surface area (Å²) in [5, 5.41) is 6.76. The van der Waals surface area contributed by atoms with Crippen molar-refractivity contribution in [2.24, 2.45) is 0 Å². The molecule has 0 atom stereocenters. The highest BCUT2D eigenvalue weighted by molar-refractivity contribution is 5.94. The van der Waals surface area contributed by atoms with Crippen molar-refractivity contribution in [3.05, 3.63) is 41.5 Å². The molecular weight excluding hydrogens is 244 g/mol. The number of nitrogens with one attached hydrogen (secondary N) is 1. The molecule has 1 heterocycles. The summed E-state index contributed by atoms with van der Waals surface area (Å²) in [4.78, 5) is 17.9. The number of methoxy groups -OCH3 is 1. The van der Waals surface area contributed by atoms with Gasteiger partial charge in [0.2, 0.25) is 0 Å². The number of hydrogen-bond donors (Lipinski definition) is 1. The normalized spacial score (nSPS) is 10.3. The molecule has 0 bridgehead atoms. The summed E-state index contributed by atoms with van der Waals surface area (Å²) < 4.78 is 5.06. The molecule has 1 aromatic heterocycles. The van der Waals surface area contributed by atoms with E-state index in [9.17, 15) is 4.79 Å². The van der Waals surface area contributed by atoms with Crippen molar-refractivity contribution in [1.29, 1.82) is 0 Å². The van der Waals surface area contributed by atoms with Gasteiger partial charge in [-0.3, -0.25) is 9.89 Å². The summed E-state index contributed by atoms with van der Waals surface area (Å²) >= 11 is 0. The zero-order valence-electron chi connectivity index (χ0n) is 11.2. The second-order valence-electron chi connectivity index (χ2n) is 4.23. The Morgan fingerprint density at radius 2 is 2.05 bits per heavy atom. The van der Waals surface area contributed by atoms with E-state index in [-0.39, 0.29) is 5.91 Å². The van der Waals surface area contributed by atoms with Gasteiger partial charge >= 0.3 is 0 Å². The Hall–Kier alpha value is -2.37. The van der Waals surface area contributed by atoms with Gasteiger partial charge in [0, 0.05) is 12.6 Å². The van der Waals surface area contributed by atoms with Crippen LogP contribution in [0.1, 0.15) is 22.0 Å². The second kappa shape index (κ2) is 5.51. The maximum atomic E-state index is 12.2. The maximum Gasteiger partial charge on any atom is 0.254 e. The third-order valence-electron chi connectivity index (χ3n) is 2.71. The van der Waals surface area contributed by atoms with Gasteiger partial charge in [-0.05, 0) is 31.2 Å². The molecular formula is C13H16N4O2. The predicted octanol–water partition coefficient (Wildman–Crippen LogP) is 1.39. The number of ether oxygens (including phenoxy) is 1. The number of aromatic nitrogens is 3. The van der Waals surface area contributed by atoms with E-state index in [0.29, 0.717) is 17.9 Å². The first-order valence-corrected chi connectivity index (χ1v) is 5.87. The van der Waals surface area contributed by atoms with Crippen LogP contribution in [0, 0.1) is 6.92 Å². The minimum atomic E-state index is -0.0786. The molecule has 0 aliphatic heterocycles. The van der Waals surface area contributed by atoms with E-state index in [0.717, 1.165) is 11.6 Å². The second-order valence-corrected chi connectivity index (χ2v) is 4.23. The number of rotatable bonds is 4. The minimum absolute atomic E-state index is 0.0786. The number of aromatic amines is 1. The van der Waals surface area contributed by atoms with E-state index in [2.05, 4.69) is 15.2 Å². The molecule has 2 aromatic rings. The molecule has 0 saturated heterocycles. The third kappa shape index (κ3) is 3.09. The highest BCUT2D eigenvalue weighted by Gasteiger charge is 2.13. The lowest BCUT2D eigenvalue weighted by atomic mass is 10.2. The van der Waals surface area contributed by atoms with Crippen LogP contribution in [0.3, 0.4) is 0 Å². The van der Waals surface area contributed by atoms with Crippen molar-refractivity contribution in [3.63, 3.8) is 0 Å². The highest BCUT2D eigenvalue weighted by Crippen LogP contribution is 2.13. The van der Waals surface area contributed by atoms with Gasteiger partial charge in [0.25, 0.3) is 5.91 Å². The molecule has 1 amide bonds. The summed E-state index contributed by atoms with van der Waals surface area (Å²) in [6, 6.07) is 7.00. The number of aryl methyl sites for hydroxylation is 1. The highest BCUT2D eigenvalue weighted by atomic mass is 16.5. The van der Waals surface area contributed by atoms with Crippen molar-refractivity contribution in [2.45, 2.75) is 13.5 Å². The van der Waals surface area contributed by atoms with Crippen LogP contribution in [0.25, 0.3) is 0 Å². The molecule has 100 valence electrons. The fraction of sp³-hybridized carbons (Fsp3) is 0.308. The Kier molecular flexibility index (Phi) is 3.79. The molecule has 6 nitrogen and oxygen atoms in total. The van der Waals surface area contributed by atoms with Gasteiger partial charge in [-0.1, -0.05) is 0 Å². The average molecular weight is 260 g/mol. The number of benzene rings is 1. The number of carbonyl (C=O) groups is 1. The van der Waals surface area contributed by atoms with Gasteiger partial charge in [-0.15, -0.1) is 0 Å². The van der Waals surface area contributed by atoms with E-state index in [1.54, 1.807) is 43.3 Å². The molecule has 0 saturated carbocycles. The molecule has 1 N–H and O–H groups in total. The van der Waals surface area contributed by atoms with E-state index in [1.165, 1.54) is 0 Å².